The van der Waals surface area contributed by atoms with E-state index in [2.05, 4.69) is 0 Å². The summed E-state index contributed by atoms with van der Waals surface area (Å²) >= 11 is 0. The standard InChI is InChI=1S/C15H15FN2O2S/c16-13-5-4-12-6-7-18(15(12)9-13)21(19,20)10-11-2-1-3-14(17)8-11/h1-5,8-9H,6-7,10,17H2. The average Bonchev–Trinajstić information content (AvgIpc) is 2.81. The fraction of sp³-hybridized carbons (Fsp3) is 0.200. The number of sulfonamides is 1. The Kier molecular flexibility index (Phi) is 3.33. The number of hydrogen-bond acceptors (Lipinski definition) is 3. The van der Waals surface area contributed by atoms with Crippen molar-refractivity contribution in [2.24, 2.45) is 0 Å². The van der Waals surface area contributed by atoms with Crippen molar-refractivity contribution in [1.82, 2.24) is 0 Å². The van der Waals surface area contributed by atoms with Crippen LogP contribution in [0.5, 0.6) is 0 Å². The lowest BCUT2D eigenvalue weighted by Gasteiger charge is -2.19. The fourth-order valence-corrected chi connectivity index (χ4v) is 4.18. The van der Waals surface area contributed by atoms with Crippen LogP contribution in [0, 0.1) is 5.82 Å². The van der Waals surface area contributed by atoms with E-state index in [0.717, 1.165) is 5.56 Å². The summed E-state index contributed by atoms with van der Waals surface area (Å²) < 4.78 is 39.8. The maximum Gasteiger partial charge on any atom is 0.239 e. The summed E-state index contributed by atoms with van der Waals surface area (Å²) in [6.07, 6.45) is 0.603. The second-order valence-corrected chi connectivity index (χ2v) is 6.99. The van der Waals surface area contributed by atoms with E-state index in [1.165, 1.54) is 16.4 Å². The minimum Gasteiger partial charge on any atom is -0.399 e. The molecule has 6 heteroatoms. The van der Waals surface area contributed by atoms with Gasteiger partial charge in [-0.3, -0.25) is 4.31 Å². The van der Waals surface area contributed by atoms with E-state index in [0.29, 0.717) is 29.9 Å². The van der Waals surface area contributed by atoms with Gasteiger partial charge in [0.05, 0.1) is 11.4 Å². The van der Waals surface area contributed by atoms with Crippen LogP contribution >= 0.6 is 0 Å². The van der Waals surface area contributed by atoms with E-state index in [9.17, 15) is 12.8 Å². The molecule has 1 aliphatic heterocycles. The highest BCUT2D eigenvalue weighted by Gasteiger charge is 2.29. The summed E-state index contributed by atoms with van der Waals surface area (Å²) in [5, 5.41) is 0. The summed E-state index contributed by atoms with van der Waals surface area (Å²) in [5.74, 6) is -0.576. The Bertz CT molecular complexity index is 790. The molecule has 0 saturated carbocycles. The molecule has 0 radical (unpaired) electrons. The number of hydrogen-bond donors (Lipinski definition) is 1. The van der Waals surface area contributed by atoms with E-state index >= 15 is 0 Å². The Balaban J connectivity index is 1.92. The smallest absolute Gasteiger partial charge is 0.239 e. The Labute approximate surface area is 123 Å². The summed E-state index contributed by atoms with van der Waals surface area (Å²) in [5.41, 5.74) is 8.12. The van der Waals surface area contributed by atoms with Crippen LogP contribution in [0.15, 0.2) is 42.5 Å². The normalized spacial score (nSPS) is 14.2. The van der Waals surface area contributed by atoms with E-state index in [-0.39, 0.29) is 5.75 Å². The molecule has 2 aromatic rings. The molecular weight excluding hydrogens is 291 g/mol. The van der Waals surface area contributed by atoms with E-state index in [4.69, 9.17) is 5.73 Å². The molecule has 0 bridgehead atoms. The average molecular weight is 306 g/mol. The number of rotatable bonds is 3. The minimum absolute atomic E-state index is 0.145. The molecular formula is C15H15FN2O2S. The topological polar surface area (TPSA) is 63.4 Å². The van der Waals surface area contributed by atoms with Crippen LogP contribution in [0.1, 0.15) is 11.1 Å². The molecule has 3 rings (SSSR count). The molecule has 1 heterocycles. The Morgan fingerprint density at radius 3 is 2.76 bits per heavy atom. The lowest BCUT2D eigenvalue weighted by atomic mass is 10.2. The molecule has 0 atom stereocenters. The van der Waals surface area contributed by atoms with Crippen LogP contribution in [0.3, 0.4) is 0 Å². The van der Waals surface area contributed by atoms with Gasteiger partial charge in [-0.2, -0.15) is 0 Å². The van der Waals surface area contributed by atoms with Crippen molar-refractivity contribution in [3.05, 3.63) is 59.4 Å². The molecule has 0 amide bonds. The second kappa shape index (κ2) is 5.04. The molecule has 110 valence electrons. The van der Waals surface area contributed by atoms with Gasteiger partial charge in [0, 0.05) is 12.2 Å². The molecule has 0 aromatic heterocycles. The highest BCUT2D eigenvalue weighted by atomic mass is 32.2. The van der Waals surface area contributed by atoms with Crippen LogP contribution in [-0.4, -0.2) is 15.0 Å². The lowest BCUT2D eigenvalue weighted by Crippen LogP contribution is -2.30. The number of benzene rings is 2. The SMILES string of the molecule is Nc1cccc(CS(=O)(=O)N2CCc3ccc(F)cc32)c1. The molecule has 4 nitrogen and oxygen atoms in total. The molecule has 0 fully saturated rings. The van der Waals surface area contributed by atoms with E-state index in [1.54, 1.807) is 30.3 Å². The second-order valence-electron chi connectivity index (χ2n) is 5.10. The van der Waals surface area contributed by atoms with Crippen molar-refractivity contribution in [2.75, 3.05) is 16.6 Å². The van der Waals surface area contributed by atoms with Crippen molar-refractivity contribution in [3.8, 4) is 0 Å². The summed E-state index contributed by atoms with van der Waals surface area (Å²) in [6, 6.07) is 11.1. The van der Waals surface area contributed by atoms with Gasteiger partial charge in [0.1, 0.15) is 5.82 Å². The number of anilines is 2. The van der Waals surface area contributed by atoms with Gasteiger partial charge < -0.3 is 5.73 Å². The highest BCUT2D eigenvalue weighted by molar-refractivity contribution is 7.92. The van der Waals surface area contributed by atoms with Crippen LogP contribution in [-0.2, 0) is 22.2 Å². The quantitative estimate of drug-likeness (QED) is 0.885. The van der Waals surface area contributed by atoms with Crippen LogP contribution in [0.25, 0.3) is 0 Å². The Morgan fingerprint density at radius 1 is 1.19 bits per heavy atom. The first-order valence-electron chi connectivity index (χ1n) is 6.59. The zero-order chi connectivity index (χ0) is 15.0. The first-order valence-corrected chi connectivity index (χ1v) is 8.20. The summed E-state index contributed by atoms with van der Waals surface area (Å²) in [4.78, 5) is 0. The third kappa shape index (κ3) is 2.71. The molecule has 0 spiro atoms. The van der Waals surface area contributed by atoms with Gasteiger partial charge in [0.2, 0.25) is 10.0 Å². The molecule has 0 saturated heterocycles. The maximum absolute atomic E-state index is 13.4. The van der Waals surface area contributed by atoms with E-state index < -0.39 is 15.8 Å². The number of halogens is 1. The van der Waals surface area contributed by atoms with Crippen LogP contribution < -0.4 is 10.0 Å². The zero-order valence-corrected chi connectivity index (χ0v) is 12.1. The zero-order valence-electron chi connectivity index (χ0n) is 11.3. The molecule has 2 N–H and O–H groups in total. The van der Waals surface area contributed by atoms with Crippen molar-refractivity contribution in [1.29, 1.82) is 0 Å². The van der Waals surface area contributed by atoms with Gasteiger partial charge in [-0.1, -0.05) is 18.2 Å². The molecule has 1 aliphatic rings. The van der Waals surface area contributed by atoms with E-state index in [1.807, 2.05) is 0 Å². The predicted octanol–water partition coefficient (Wildman–Crippen LogP) is 2.30. The summed E-state index contributed by atoms with van der Waals surface area (Å²) in [7, 11) is -3.55. The van der Waals surface area contributed by atoms with Gasteiger partial charge in [-0.05, 0) is 41.8 Å². The number of fused-ring (bicyclic) bond motifs is 1. The van der Waals surface area contributed by atoms with Crippen molar-refractivity contribution >= 4 is 21.4 Å². The Hall–Kier alpha value is -2.08. The van der Waals surface area contributed by atoms with Gasteiger partial charge in [0.15, 0.2) is 0 Å². The van der Waals surface area contributed by atoms with Crippen LogP contribution in [0.4, 0.5) is 15.8 Å². The van der Waals surface area contributed by atoms with Gasteiger partial charge in [-0.15, -0.1) is 0 Å². The van der Waals surface area contributed by atoms with Crippen molar-refractivity contribution in [2.45, 2.75) is 12.2 Å². The highest BCUT2D eigenvalue weighted by Crippen LogP contribution is 2.32. The third-order valence-electron chi connectivity index (χ3n) is 3.54. The van der Waals surface area contributed by atoms with Gasteiger partial charge in [0.25, 0.3) is 0 Å². The van der Waals surface area contributed by atoms with Gasteiger partial charge >= 0.3 is 0 Å². The number of nitrogens with two attached hydrogens (primary N) is 1. The van der Waals surface area contributed by atoms with Crippen molar-refractivity contribution in [3.63, 3.8) is 0 Å². The van der Waals surface area contributed by atoms with Crippen LogP contribution in [0.2, 0.25) is 0 Å². The predicted molar refractivity (Wildman–Crippen MR) is 80.9 cm³/mol. The fourth-order valence-electron chi connectivity index (χ4n) is 2.58. The summed E-state index contributed by atoms with van der Waals surface area (Å²) in [6.45, 7) is 0.351. The third-order valence-corrected chi connectivity index (χ3v) is 5.29. The van der Waals surface area contributed by atoms with Crippen molar-refractivity contribution < 1.29 is 12.8 Å². The lowest BCUT2D eigenvalue weighted by molar-refractivity contribution is 0.591. The largest absolute Gasteiger partial charge is 0.399 e. The number of nitrogens with zero attached hydrogens (tertiary/aromatic N) is 1. The first kappa shape index (κ1) is 13.9. The first-order chi connectivity index (χ1) is 9.95. The molecule has 21 heavy (non-hydrogen) atoms. The van der Waals surface area contributed by atoms with Gasteiger partial charge in [-0.25, -0.2) is 12.8 Å². The molecule has 0 aliphatic carbocycles. The number of nitrogen functional groups attached to an aromatic ring is 1. The monoisotopic (exact) mass is 306 g/mol. The molecule has 2 aromatic carbocycles. The maximum atomic E-state index is 13.4. The Morgan fingerprint density at radius 2 is 2.00 bits per heavy atom. The molecule has 0 unspecified atom stereocenters. The minimum atomic E-state index is -3.55.